The van der Waals surface area contributed by atoms with Crippen LogP contribution in [-0.4, -0.2) is 87.4 Å². The van der Waals surface area contributed by atoms with E-state index in [9.17, 15) is 33.9 Å². The van der Waals surface area contributed by atoms with Crippen LogP contribution in [0.1, 0.15) is 31.2 Å². The number of rotatable bonds is 17. The molecule has 0 radical (unpaired) electrons. The first kappa shape index (κ1) is 33.0. The van der Waals surface area contributed by atoms with Crippen molar-refractivity contribution in [1.29, 1.82) is 0 Å². The predicted octanol–water partition coefficient (Wildman–Crippen LogP) is -3.02. The molecule has 228 valence electrons. The summed E-state index contributed by atoms with van der Waals surface area (Å²) in [7, 11) is 0. The van der Waals surface area contributed by atoms with E-state index in [1.54, 1.807) is 6.20 Å². The van der Waals surface area contributed by atoms with Crippen LogP contribution >= 0.6 is 0 Å². The van der Waals surface area contributed by atoms with Crippen LogP contribution in [0, 0.1) is 0 Å². The largest absolute Gasteiger partial charge is 0.481 e. The van der Waals surface area contributed by atoms with Gasteiger partial charge in [-0.2, -0.15) is 0 Å². The van der Waals surface area contributed by atoms with Gasteiger partial charge in [0.05, 0.1) is 18.9 Å². The third-order valence-corrected chi connectivity index (χ3v) is 6.06. The first-order valence-electron chi connectivity index (χ1n) is 12.8. The minimum absolute atomic E-state index is 0.0452. The molecule has 1 heterocycles. The number of aliphatic imine (C=N–C) groups is 1. The number of fused-ring (bicyclic) bond motifs is 1. The number of hydrogen-bond donors (Lipinski definition) is 10. The number of benzene rings is 1. The number of primary amides is 1. The number of nitrogens with two attached hydrogens (primary N) is 4. The van der Waals surface area contributed by atoms with Crippen LogP contribution in [0.5, 0.6) is 0 Å². The normalized spacial score (nSPS) is 13.6. The van der Waals surface area contributed by atoms with Crippen molar-refractivity contribution < 1.29 is 39.0 Å². The average Bonchev–Trinajstić information content (AvgIpc) is 3.31. The minimum atomic E-state index is -1.80. The number of carboxylic acid groups (broad SMARTS) is 2. The number of hydrogen-bond acceptors (Lipinski definition) is 8. The average molecular weight is 590 g/mol. The summed E-state index contributed by atoms with van der Waals surface area (Å²) < 4.78 is 0. The van der Waals surface area contributed by atoms with Crippen LogP contribution in [0.3, 0.4) is 0 Å². The van der Waals surface area contributed by atoms with Gasteiger partial charge in [0.2, 0.25) is 23.6 Å². The zero-order chi connectivity index (χ0) is 31.4. The zero-order valence-corrected chi connectivity index (χ0v) is 22.5. The third-order valence-electron chi connectivity index (χ3n) is 6.06. The summed E-state index contributed by atoms with van der Waals surface area (Å²) in [5.41, 5.74) is 23.5. The summed E-state index contributed by atoms with van der Waals surface area (Å²) in [6, 6.07) is 1.48. The van der Waals surface area contributed by atoms with E-state index in [0.717, 1.165) is 16.5 Å². The van der Waals surface area contributed by atoms with Crippen LogP contribution in [0.15, 0.2) is 35.5 Å². The van der Waals surface area contributed by atoms with Crippen molar-refractivity contribution in [3.05, 3.63) is 36.0 Å². The second kappa shape index (κ2) is 15.6. The molecule has 2 aromatic rings. The van der Waals surface area contributed by atoms with Crippen molar-refractivity contribution in [3.8, 4) is 0 Å². The topological polar surface area (TPSA) is 311 Å². The number of aliphatic carboxylic acids is 2. The van der Waals surface area contributed by atoms with E-state index in [1.165, 1.54) is 0 Å². The number of nitrogens with one attached hydrogen (secondary N) is 4. The van der Waals surface area contributed by atoms with Crippen molar-refractivity contribution in [3.63, 3.8) is 0 Å². The van der Waals surface area contributed by atoms with Gasteiger partial charge in [-0.05, 0) is 30.9 Å². The molecular formula is C25H35N9O8. The molecule has 1 aromatic carbocycles. The SMILES string of the molecule is NC(=O)CC(NC(=O)C(N)Cc1c[nH]c2ccccc12)C(=O)NC(CCCN=C(N)N)C(=O)NC(CC(=O)O)C(=O)O. The molecule has 0 spiro atoms. The Morgan fingerprint density at radius 2 is 1.48 bits per heavy atom. The van der Waals surface area contributed by atoms with E-state index in [2.05, 4.69) is 25.9 Å². The number of carbonyl (C=O) groups is 6. The first-order chi connectivity index (χ1) is 19.8. The Hall–Kier alpha value is -5.19. The number of amides is 4. The molecular weight excluding hydrogens is 554 g/mol. The monoisotopic (exact) mass is 589 g/mol. The van der Waals surface area contributed by atoms with E-state index in [-0.39, 0.29) is 31.8 Å². The zero-order valence-electron chi connectivity index (χ0n) is 22.5. The molecule has 1 aromatic heterocycles. The van der Waals surface area contributed by atoms with Gasteiger partial charge in [0.25, 0.3) is 0 Å². The molecule has 0 saturated carbocycles. The molecule has 4 unspecified atom stereocenters. The number of carboxylic acids is 2. The molecule has 4 atom stereocenters. The Labute approximate surface area is 239 Å². The smallest absolute Gasteiger partial charge is 0.326 e. The Morgan fingerprint density at radius 1 is 0.857 bits per heavy atom. The van der Waals surface area contributed by atoms with Crippen LogP contribution in [0.2, 0.25) is 0 Å². The maximum atomic E-state index is 13.1. The van der Waals surface area contributed by atoms with Gasteiger partial charge in [-0.3, -0.25) is 29.0 Å². The molecule has 0 saturated heterocycles. The third kappa shape index (κ3) is 10.4. The van der Waals surface area contributed by atoms with Gasteiger partial charge in [0.15, 0.2) is 5.96 Å². The second-order valence-corrected chi connectivity index (χ2v) is 9.41. The Bertz CT molecular complexity index is 1340. The first-order valence-corrected chi connectivity index (χ1v) is 12.8. The highest BCUT2D eigenvalue weighted by atomic mass is 16.4. The number of H-pyrrole nitrogens is 1. The van der Waals surface area contributed by atoms with E-state index in [0.29, 0.717) is 0 Å². The summed E-state index contributed by atoms with van der Waals surface area (Å²) in [6.45, 7) is 0.0452. The van der Waals surface area contributed by atoms with Crippen molar-refractivity contribution >= 4 is 52.4 Å². The molecule has 42 heavy (non-hydrogen) atoms. The number of carbonyl (C=O) groups excluding carboxylic acids is 4. The standard InChI is InChI=1S/C25H35N9O8/c26-14(8-12-11-31-15-5-2-1-4-13(12)15)21(38)33-17(9-19(27)35)23(40)32-16(6-3-7-30-25(28)29)22(39)34-18(24(41)42)10-20(36)37/h1-2,4-5,11,14,16-18,31H,3,6-10,26H2,(H2,27,35)(H,32,40)(H,33,38)(H,34,39)(H,36,37)(H,41,42)(H4,28,29,30). The highest BCUT2D eigenvalue weighted by molar-refractivity contribution is 5.96. The van der Waals surface area contributed by atoms with Gasteiger partial charge in [0.1, 0.15) is 18.1 Å². The molecule has 17 heteroatoms. The van der Waals surface area contributed by atoms with Gasteiger partial charge in [-0.1, -0.05) is 18.2 Å². The summed E-state index contributed by atoms with van der Waals surface area (Å²) in [6.07, 6.45) is 0.240. The predicted molar refractivity (Wildman–Crippen MR) is 149 cm³/mol. The number of nitrogens with zero attached hydrogens (tertiary/aromatic N) is 1. The Balaban J connectivity index is 2.17. The van der Waals surface area contributed by atoms with Gasteiger partial charge >= 0.3 is 11.9 Å². The fraction of sp³-hybridized carbons (Fsp3) is 0.400. The lowest BCUT2D eigenvalue weighted by Crippen LogP contribution is -2.58. The highest BCUT2D eigenvalue weighted by Crippen LogP contribution is 2.18. The Kier molecular flexibility index (Phi) is 12.2. The number of para-hydroxylation sites is 1. The van der Waals surface area contributed by atoms with Crippen molar-refractivity contribution in [2.24, 2.45) is 27.9 Å². The molecule has 0 aliphatic heterocycles. The number of aromatic nitrogens is 1. The lowest BCUT2D eigenvalue weighted by molar-refractivity contribution is -0.147. The molecule has 17 nitrogen and oxygen atoms in total. The fourth-order valence-corrected chi connectivity index (χ4v) is 4.01. The van der Waals surface area contributed by atoms with Gasteiger partial charge < -0.3 is 54.1 Å². The van der Waals surface area contributed by atoms with E-state index in [4.69, 9.17) is 28.0 Å². The molecule has 4 amide bonds. The second-order valence-electron chi connectivity index (χ2n) is 9.41. The molecule has 0 fully saturated rings. The Morgan fingerprint density at radius 3 is 2.10 bits per heavy atom. The summed E-state index contributed by atoms with van der Waals surface area (Å²) in [5, 5.41) is 25.9. The van der Waals surface area contributed by atoms with Crippen LogP contribution in [-0.2, 0) is 35.2 Å². The van der Waals surface area contributed by atoms with Gasteiger partial charge in [-0.15, -0.1) is 0 Å². The minimum Gasteiger partial charge on any atom is -0.481 e. The van der Waals surface area contributed by atoms with Crippen LogP contribution in [0.4, 0.5) is 0 Å². The molecule has 14 N–H and O–H groups in total. The van der Waals surface area contributed by atoms with E-state index >= 15 is 0 Å². The highest BCUT2D eigenvalue weighted by Gasteiger charge is 2.31. The lowest BCUT2D eigenvalue weighted by atomic mass is 10.0. The number of guanidine groups is 1. The quantitative estimate of drug-likeness (QED) is 0.0503. The lowest BCUT2D eigenvalue weighted by Gasteiger charge is -2.24. The van der Waals surface area contributed by atoms with Crippen molar-refractivity contribution in [1.82, 2.24) is 20.9 Å². The van der Waals surface area contributed by atoms with E-state index in [1.807, 2.05) is 24.3 Å². The number of aromatic amines is 1. The van der Waals surface area contributed by atoms with Gasteiger partial charge in [-0.25, -0.2) is 4.79 Å². The molecule has 0 aliphatic rings. The summed E-state index contributed by atoms with van der Waals surface area (Å²) >= 11 is 0. The van der Waals surface area contributed by atoms with Crippen LogP contribution in [0.25, 0.3) is 10.9 Å². The van der Waals surface area contributed by atoms with Crippen LogP contribution < -0.4 is 38.9 Å². The van der Waals surface area contributed by atoms with E-state index < -0.39 is 72.6 Å². The van der Waals surface area contributed by atoms with Gasteiger partial charge in [0, 0.05) is 23.6 Å². The molecule has 0 aliphatic carbocycles. The maximum absolute atomic E-state index is 13.1. The van der Waals surface area contributed by atoms with Crippen molar-refractivity contribution in [2.45, 2.75) is 56.3 Å². The maximum Gasteiger partial charge on any atom is 0.326 e. The molecule has 2 rings (SSSR count). The fourth-order valence-electron chi connectivity index (χ4n) is 4.01. The summed E-state index contributed by atoms with van der Waals surface area (Å²) in [4.78, 5) is 79.9. The molecule has 0 bridgehead atoms. The summed E-state index contributed by atoms with van der Waals surface area (Å²) in [5.74, 6) is -7.05. The van der Waals surface area contributed by atoms with Crippen molar-refractivity contribution in [2.75, 3.05) is 6.54 Å².